The van der Waals surface area contributed by atoms with Gasteiger partial charge < -0.3 is 9.30 Å². The fourth-order valence-corrected chi connectivity index (χ4v) is 1.11. The van der Waals surface area contributed by atoms with E-state index in [1.54, 1.807) is 19.4 Å². The zero-order valence-corrected chi connectivity index (χ0v) is 9.21. The average Bonchev–Trinajstić information content (AvgIpc) is 2.44. The second-order valence-corrected chi connectivity index (χ2v) is 3.22. The van der Waals surface area contributed by atoms with E-state index in [1.165, 1.54) is 0 Å². The van der Waals surface area contributed by atoms with Crippen LogP contribution < -0.4 is 0 Å². The molecule has 0 amide bonds. The van der Waals surface area contributed by atoms with Crippen molar-refractivity contribution in [3.63, 3.8) is 0 Å². The number of methoxy groups -OCH3 is 1. The Balaban J connectivity index is 2.80. The maximum absolute atomic E-state index is 4.90. The zero-order valence-electron chi connectivity index (χ0n) is 7.62. The minimum atomic E-state index is 0.623. The van der Waals surface area contributed by atoms with Crippen LogP contribution in [0.1, 0.15) is 5.69 Å². The molecule has 0 N–H and O–H groups in total. The third-order valence-electron chi connectivity index (χ3n) is 1.67. The van der Waals surface area contributed by atoms with E-state index in [4.69, 9.17) is 4.74 Å². The van der Waals surface area contributed by atoms with Gasteiger partial charge in [0.2, 0.25) is 0 Å². The van der Waals surface area contributed by atoms with Gasteiger partial charge in [0.1, 0.15) is 5.76 Å². The Labute approximate surface area is 85.9 Å². The predicted molar refractivity (Wildman–Crippen MR) is 56.1 cm³/mol. The van der Waals surface area contributed by atoms with Crippen molar-refractivity contribution in [1.29, 1.82) is 0 Å². The molecular weight excluding hydrogens is 232 g/mol. The zero-order chi connectivity index (χ0) is 9.84. The van der Waals surface area contributed by atoms with E-state index in [9.17, 15) is 0 Å². The number of halogens is 1. The maximum atomic E-state index is 4.90. The van der Waals surface area contributed by atoms with Crippen molar-refractivity contribution >= 4 is 22.0 Å². The number of aromatic nitrogens is 2. The van der Waals surface area contributed by atoms with E-state index < -0.39 is 0 Å². The monoisotopic (exact) mass is 242 g/mol. The Morgan fingerprint density at radius 3 is 2.92 bits per heavy atom. The van der Waals surface area contributed by atoms with E-state index in [-0.39, 0.29) is 0 Å². The molecule has 0 unspecified atom stereocenters. The lowest BCUT2D eigenvalue weighted by molar-refractivity contribution is 0.309. The van der Waals surface area contributed by atoms with Crippen LogP contribution in [-0.2, 0) is 11.8 Å². The predicted octanol–water partition coefficient (Wildman–Crippen LogP) is 2.36. The molecule has 0 saturated carbocycles. The van der Waals surface area contributed by atoms with Crippen LogP contribution in [0.3, 0.4) is 0 Å². The van der Waals surface area contributed by atoms with Gasteiger partial charge in [-0.05, 0) is 28.1 Å². The molecule has 0 bridgehead atoms. The Bertz CT molecular complexity index is 341. The van der Waals surface area contributed by atoms with Crippen LogP contribution in [0.4, 0.5) is 0 Å². The number of imidazole rings is 1. The largest absolute Gasteiger partial charge is 0.497 e. The van der Waals surface area contributed by atoms with Crippen molar-refractivity contribution < 1.29 is 4.74 Å². The minimum Gasteiger partial charge on any atom is -0.497 e. The fraction of sp³-hybridized carbons (Fsp3) is 0.222. The standard InChI is InChI=1S/C9H11BrN2O/c1-7(13-3)4-5-8-6-11-9(10)12(8)2/h4-6H,1H2,2-3H3/b5-4+. The number of ether oxygens (including phenoxy) is 1. The summed E-state index contributed by atoms with van der Waals surface area (Å²) in [5.74, 6) is 0.623. The third kappa shape index (κ3) is 2.45. The molecule has 0 spiro atoms. The average molecular weight is 243 g/mol. The molecule has 0 aliphatic rings. The van der Waals surface area contributed by atoms with E-state index in [0.717, 1.165) is 10.4 Å². The van der Waals surface area contributed by atoms with Gasteiger partial charge in [-0.1, -0.05) is 6.58 Å². The normalized spacial score (nSPS) is 10.7. The van der Waals surface area contributed by atoms with Crippen molar-refractivity contribution in [2.75, 3.05) is 7.11 Å². The molecule has 0 saturated heterocycles. The lowest BCUT2D eigenvalue weighted by Crippen LogP contribution is -1.90. The van der Waals surface area contributed by atoms with Crippen LogP contribution >= 0.6 is 15.9 Å². The number of rotatable bonds is 3. The Hall–Kier alpha value is -1.03. The summed E-state index contributed by atoms with van der Waals surface area (Å²) in [7, 11) is 3.51. The first-order chi connectivity index (χ1) is 6.15. The van der Waals surface area contributed by atoms with Gasteiger partial charge in [0.25, 0.3) is 0 Å². The smallest absolute Gasteiger partial charge is 0.177 e. The number of hydrogen-bond acceptors (Lipinski definition) is 2. The van der Waals surface area contributed by atoms with Crippen LogP contribution in [0, 0.1) is 0 Å². The van der Waals surface area contributed by atoms with Crippen molar-refractivity contribution in [2.24, 2.45) is 7.05 Å². The van der Waals surface area contributed by atoms with Crippen molar-refractivity contribution in [3.05, 3.63) is 35.0 Å². The van der Waals surface area contributed by atoms with Gasteiger partial charge in [-0.15, -0.1) is 0 Å². The van der Waals surface area contributed by atoms with Gasteiger partial charge in [-0.2, -0.15) is 0 Å². The van der Waals surface area contributed by atoms with E-state index >= 15 is 0 Å². The summed E-state index contributed by atoms with van der Waals surface area (Å²) in [6.07, 6.45) is 5.45. The van der Waals surface area contributed by atoms with Gasteiger partial charge in [0.15, 0.2) is 4.73 Å². The van der Waals surface area contributed by atoms with Crippen LogP contribution in [0.2, 0.25) is 0 Å². The molecule has 1 rings (SSSR count). The van der Waals surface area contributed by atoms with Gasteiger partial charge in [0, 0.05) is 7.05 Å². The molecule has 3 nitrogen and oxygen atoms in total. The lowest BCUT2D eigenvalue weighted by atomic mass is 10.4. The summed E-state index contributed by atoms with van der Waals surface area (Å²) in [6, 6.07) is 0. The summed E-state index contributed by atoms with van der Waals surface area (Å²) in [5.41, 5.74) is 0.991. The van der Waals surface area contributed by atoms with Crippen LogP contribution in [0.5, 0.6) is 0 Å². The Kier molecular flexibility index (Phi) is 3.31. The van der Waals surface area contributed by atoms with Crippen molar-refractivity contribution in [1.82, 2.24) is 9.55 Å². The molecule has 70 valence electrons. The molecule has 0 radical (unpaired) electrons. The summed E-state index contributed by atoms with van der Waals surface area (Å²) >= 11 is 3.30. The molecule has 0 aromatic carbocycles. The van der Waals surface area contributed by atoms with Crippen molar-refractivity contribution in [3.8, 4) is 0 Å². The van der Waals surface area contributed by atoms with Gasteiger partial charge in [-0.25, -0.2) is 4.98 Å². The summed E-state index contributed by atoms with van der Waals surface area (Å²) in [4.78, 5) is 4.08. The Morgan fingerprint density at radius 2 is 2.46 bits per heavy atom. The quantitative estimate of drug-likeness (QED) is 0.601. The van der Waals surface area contributed by atoms with E-state index in [0.29, 0.717) is 5.76 Å². The summed E-state index contributed by atoms with van der Waals surface area (Å²) < 4.78 is 7.61. The second-order valence-electron chi connectivity index (χ2n) is 2.51. The highest BCUT2D eigenvalue weighted by Crippen LogP contribution is 2.11. The highest BCUT2D eigenvalue weighted by atomic mass is 79.9. The van der Waals surface area contributed by atoms with Gasteiger partial charge in [-0.3, -0.25) is 0 Å². The van der Waals surface area contributed by atoms with E-state index in [2.05, 4.69) is 27.5 Å². The fourth-order valence-electron chi connectivity index (χ4n) is 0.800. The first-order valence-electron chi connectivity index (χ1n) is 3.73. The maximum Gasteiger partial charge on any atom is 0.177 e. The molecule has 0 aliphatic carbocycles. The van der Waals surface area contributed by atoms with Crippen LogP contribution in [0.25, 0.3) is 6.08 Å². The first kappa shape index (κ1) is 10.1. The lowest BCUT2D eigenvalue weighted by Gasteiger charge is -1.97. The highest BCUT2D eigenvalue weighted by Gasteiger charge is 1.98. The Morgan fingerprint density at radius 1 is 1.77 bits per heavy atom. The van der Waals surface area contributed by atoms with Gasteiger partial charge >= 0.3 is 0 Å². The molecule has 1 aromatic heterocycles. The molecule has 1 aromatic rings. The third-order valence-corrected chi connectivity index (χ3v) is 2.41. The molecule has 0 aliphatic heterocycles. The number of hydrogen-bond donors (Lipinski definition) is 0. The SMILES string of the molecule is C=C(/C=C/c1cnc(Br)n1C)OC. The first-order valence-corrected chi connectivity index (χ1v) is 4.52. The van der Waals surface area contributed by atoms with Crippen molar-refractivity contribution in [2.45, 2.75) is 0 Å². The molecule has 13 heavy (non-hydrogen) atoms. The topological polar surface area (TPSA) is 27.1 Å². The van der Waals surface area contributed by atoms with Crippen LogP contribution in [-0.4, -0.2) is 16.7 Å². The minimum absolute atomic E-state index is 0.623. The van der Waals surface area contributed by atoms with Gasteiger partial charge in [0.05, 0.1) is 19.0 Å². The number of nitrogens with zero attached hydrogens (tertiary/aromatic N) is 2. The molecular formula is C9H11BrN2O. The number of allylic oxidation sites excluding steroid dienone is 1. The van der Waals surface area contributed by atoms with E-state index in [1.807, 2.05) is 17.7 Å². The second kappa shape index (κ2) is 4.28. The summed E-state index contributed by atoms with van der Waals surface area (Å²) in [6.45, 7) is 3.67. The summed E-state index contributed by atoms with van der Waals surface area (Å²) in [5, 5.41) is 0. The molecule has 1 heterocycles. The molecule has 4 heteroatoms. The van der Waals surface area contributed by atoms with Crippen LogP contribution in [0.15, 0.2) is 29.3 Å². The highest BCUT2D eigenvalue weighted by molar-refractivity contribution is 9.10. The molecule has 0 atom stereocenters. The molecule has 0 fully saturated rings.